The van der Waals surface area contributed by atoms with E-state index in [1.165, 1.54) is 21.3 Å². The van der Waals surface area contributed by atoms with Crippen LogP contribution in [0.5, 0.6) is 11.5 Å². The SMILES string of the molecule is COC(=O)c1ccc(C)c(NC(=O)c2ccc(OC)cc2OC)c1. The van der Waals surface area contributed by atoms with E-state index in [-0.39, 0.29) is 5.91 Å². The number of anilines is 1. The van der Waals surface area contributed by atoms with Crippen LogP contribution in [-0.4, -0.2) is 33.2 Å². The highest BCUT2D eigenvalue weighted by Crippen LogP contribution is 2.26. The minimum atomic E-state index is -0.465. The van der Waals surface area contributed by atoms with Gasteiger partial charge in [-0.3, -0.25) is 4.79 Å². The second-order valence-electron chi connectivity index (χ2n) is 5.04. The van der Waals surface area contributed by atoms with Gasteiger partial charge in [-0.2, -0.15) is 0 Å². The van der Waals surface area contributed by atoms with E-state index < -0.39 is 5.97 Å². The molecule has 0 atom stereocenters. The zero-order chi connectivity index (χ0) is 17.7. The quantitative estimate of drug-likeness (QED) is 0.854. The van der Waals surface area contributed by atoms with Crippen LogP contribution < -0.4 is 14.8 Å². The van der Waals surface area contributed by atoms with Crippen LogP contribution in [0, 0.1) is 6.92 Å². The molecule has 2 aromatic carbocycles. The molecule has 0 spiro atoms. The van der Waals surface area contributed by atoms with Gasteiger partial charge in [-0.15, -0.1) is 0 Å². The van der Waals surface area contributed by atoms with Crippen LogP contribution in [0.15, 0.2) is 36.4 Å². The van der Waals surface area contributed by atoms with Crippen molar-refractivity contribution in [2.24, 2.45) is 0 Å². The smallest absolute Gasteiger partial charge is 0.337 e. The van der Waals surface area contributed by atoms with E-state index in [0.29, 0.717) is 28.3 Å². The summed E-state index contributed by atoms with van der Waals surface area (Å²) < 4.78 is 15.1. The lowest BCUT2D eigenvalue weighted by Crippen LogP contribution is -2.15. The molecule has 0 fully saturated rings. The number of esters is 1. The lowest BCUT2D eigenvalue weighted by molar-refractivity contribution is 0.0600. The lowest BCUT2D eigenvalue weighted by Gasteiger charge is -2.13. The number of carbonyl (C=O) groups excluding carboxylic acids is 2. The standard InChI is InChI=1S/C18H19NO5/c1-11-5-6-12(18(21)24-4)9-15(11)19-17(20)14-8-7-13(22-2)10-16(14)23-3/h5-10H,1-4H3,(H,19,20). The largest absolute Gasteiger partial charge is 0.497 e. The van der Waals surface area contributed by atoms with E-state index in [0.717, 1.165) is 5.56 Å². The van der Waals surface area contributed by atoms with Crippen LogP contribution in [0.4, 0.5) is 5.69 Å². The summed E-state index contributed by atoms with van der Waals surface area (Å²) in [6, 6.07) is 9.89. The second-order valence-corrected chi connectivity index (χ2v) is 5.04. The zero-order valence-corrected chi connectivity index (χ0v) is 14.0. The fourth-order valence-corrected chi connectivity index (χ4v) is 2.18. The number of amides is 1. The first kappa shape index (κ1) is 17.3. The van der Waals surface area contributed by atoms with E-state index in [9.17, 15) is 9.59 Å². The normalized spacial score (nSPS) is 10.0. The molecular weight excluding hydrogens is 310 g/mol. The van der Waals surface area contributed by atoms with Crippen molar-refractivity contribution >= 4 is 17.6 Å². The predicted molar refractivity (Wildman–Crippen MR) is 90.0 cm³/mol. The lowest BCUT2D eigenvalue weighted by atomic mass is 10.1. The number of methoxy groups -OCH3 is 3. The van der Waals surface area contributed by atoms with Gasteiger partial charge < -0.3 is 19.5 Å². The topological polar surface area (TPSA) is 73.9 Å². The Bertz CT molecular complexity index is 770. The van der Waals surface area contributed by atoms with E-state index in [2.05, 4.69) is 5.32 Å². The second kappa shape index (κ2) is 7.50. The maximum absolute atomic E-state index is 12.5. The van der Waals surface area contributed by atoms with Crippen molar-refractivity contribution in [3.63, 3.8) is 0 Å². The molecule has 24 heavy (non-hydrogen) atoms. The molecule has 0 saturated heterocycles. The number of benzene rings is 2. The Balaban J connectivity index is 2.31. The van der Waals surface area contributed by atoms with Gasteiger partial charge in [0, 0.05) is 11.8 Å². The molecule has 0 aromatic heterocycles. The predicted octanol–water partition coefficient (Wildman–Crippen LogP) is 3.05. The Hall–Kier alpha value is -3.02. The maximum Gasteiger partial charge on any atom is 0.337 e. The summed E-state index contributed by atoms with van der Waals surface area (Å²) in [6.07, 6.45) is 0. The van der Waals surface area contributed by atoms with Gasteiger partial charge in [0.15, 0.2) is 0 Å². The Kier molecular flexibility index (Phi) is 5.42. The minimum absolute atomic E-state index is 0.348. The van der Waals surface area contributed by atoms with Crippen molar-refractivity contribution < 1.29 is 23.8 Å². The molecular formula is C18H19NO5. The number of hydrogen-bond acceptors (Lipinski definition) is 5. The molecule has 126 valence electrons. The molecule has 2 aromatic rings. The van der Waals surface area contributed by atoms with Gasteiger partial charge in [0.2, 0.25) is 0 Å². The number of nitrogens with one attached hydrogen (secondary N) is 1. The summed E-state index contributed by atoms with van der Waals surface area (Å²) in [5.74, 6) is 0.174. The van der Waals surface area contributed by atoms with Crippen LogP contribution in [0.2, 0.25) is 0 Å². The van der Waals surface area contributed by atoms with Crippen LogP contribution in [0.1, 0.15) is 26.3 Å². The van der Waals surface area contributed by atoms with Gasteiger partial charge in [0.1, 0.15) is 11.5 Å². The van der Waals surface area contributed by atoms with E-state index in [1.54, 1.807) is 36.4 Å². The molecule has 0 heterocycles. The van der Waals surface area contributed by atoms with Gasteiger partial charge in [-0.1, -0.05) is 6.07 Å². The van der Waals surface area contributed by atoms with Crippen molar-refractivity contribution in [2.45, 2.75) is 6.92 Å². The highest BCUT2D eigenvalue weighted by atomic mass is 16.5. The van der Waals surface area contributed by atoms with Gasteiger partial charge in [-0.25, -0.2) is 4.79 Å². The van der Waals surface area contributed by atoms with Crippen LogP contribution in [0.3, 0.4) is 0 Å². The number of ether oxygens (including phenoxy) is 3. The fourth-order valence-electron chi connectivity index (χ4n) is 2.18. The van der Waals surface area contributed by atoms with Crippen molar-refractivity contribution in [1.82, 2.24) is 0 Å². The molecule has 0 aliphatic carbocycles. The summed E-state index contributed by atoms with van der Waals surface area (Å²) in [5.41, 5.74) is 2.07. The average Bonchev–Trinajstić information content (AvgIpc) is 2.62. The molecule has 0 radical (unpaired) electrons. The molecule has 0 unspecified atom stereocenters. The fraction of sp³-hybridized carbons (Fsp3) is 0.222. The summed E-state index contributed by atoms with van der Waals surface area (Å²) in [5, 5.41) is 2.79. The van der Waals surface area contributed by atoms with Crippen molar-refractivity contribution in [3.05, 3.63) is 53.1 Å². The highest BCUT2D eigenvalue weighted by Gasteiger charge is 2.15. The molecule has 6 nitrogen and oxygen atoms in total. The van der Waals surface area contributed by atoms with Crippen LogP contribution in [0.25, 0.3) is 0 Å². The Morgan fingerprint density at radius 1 is 0.958 bits per heavy atom. The van der Waals surface area contributed by atoms with E-state index >= 15 is 0 Å². The van der Waals surface area contributed by atoms with E-state index in [4.69, 9.17) is 14.2 Å². The van der Waals surface area contributed by atoms with Gasteiger partial charge in [0.05, 0.1) is 32.5 Å². The number of aryl methyl sites for hydroxylation is 1. The van der Waals surface area contributed by atoms with Crippen molar-refractivity contribution in [3.8, 4) is 11.5 Å². The van der Waals surface area contributed by atoms with Gasteiger partial charge in [-0.05, 0) is 36.8 Å². The first-order valence-electron chi connectivity index (χ1n) is 7.22. The van der Waals surface area contributed by atoms with Crippen molar-refractivity contribution in [1.29, 1.82) is 0 Å². The summed E-state index contributed by atoms with van der Waals surface area (Å²) in [6.45, 7) is 1.84. The maximum atomic E-state index is 12.5. The third-order valence-corrected chi connectivity index (χ3v) is 3.56. The molecule has 1 N–H and O–H groups in total. The number of hydrogen-bond donors (Lipinski definition) is 1. The zero-order valence-electron chi connectivity index (χ0n) is 14.0. The molecule has 6 heteroatoms. The number of carbonyl (C=O) groups is 2. The first-order chi connectivity index (χ1) is 11.5. The summed E-state index contributed by atoms with van der Waals surface area (Å²) >= 11 is 0. The molecule has 0 bridgehead atoms. The third-order valence-electron chi connectivity index (χ3n) is 3.56. The Morgan fingerprint density at radius 3 is 2.33 bits per heavy atom. The van der Waals surface area contributed by atoms with Crippen LogP contribution >= 0.6 is 0 Å². The molecule has 0 aliphatic heterocycles. The number of rotatable bonds is 5. The minimum Gasteiger partial charge on any atom is -0.497 e. The van der Waals surface area contributed by atoms with E-state index in [1.807, 2.05) is 6.92 Å². The highest BCUT2D eigenvalue weighted by molar-refractivity contribution is 6.07. The Morgan fingerprint density at radius 2 is 1.71 bits per heavy atom. The molecule has 1 amide bonds. The van der Waals surface area contributed by atoms with Crippen LogP contribution in [-0.2, 0) is 4.74 Å². The first-order valence-corrected chi connectivity index (χ1v) is 7.22. The Labute approximate surface area is 140 Å². The summed E-state index contributed by atoms with van der Waals surface area (Å²) in [7, 11) is 4.33. The molecule has 0 saturated carbocycles. The molecule has 2 rings (SSSR count). The monoisotopic (exact) mass is 329 g/mol. The van der Waals surface area contributed by atoms with Gasteiger partial charge >= 0.3 is 5.97 Å². The van der Waals surface area contributed by atoms with Crippen molar-refractivity contribution in [2.75, 3.05) is 26.6 Å². The molecule has 0 aliphatic rings. The van der Waals surface area contributed by atoms with Gasteiger partial charge in [0.25, 0.3) is 5.91 Å². The summed E-state index contributed by atoms with van der Waals surface area (Å²) in [4.78, 5) is 24.2. The third kappa shape index (κ3) is 3.65. The average molecular weight is 329 g/mol.